The highest BCUT2D eigenvalue weighted by Crippen LogP contribution is 2.16. The molecule has 0 amide bonds. The number of aromatic nitrogens is 3. The van der Waals surface area contributed by atoms with Crippen LogP contribution in [-0.4, -0.2) is 9.94 Å². The van der Waals surface area contributed by atoms with Crippen LogP contribution in [0.3, 0.4) is 0 Å². The summed E-state index contributed by atoms with van der Waals surface area (Å²) in [5, 5.41) is 14.8. The summed E-state index contributed by atoms with van der Waals surface area (Å²) in [6, 6.07) is 3.47. The standard InChI is InChI=1S/C7H4ClN4O3/c8-4-1-2-5-6(3-4)12(14)10-7(15-9)11(5)13/h1-3,9H/q-1. The Morgan fingerprint density at radius 2 is 2.33 bits per heavy atom. The van der Waals surface area contributed by atoms with Crippen LogP contribution in [0.4, 0.5) is 0 Å². The molecule has 1 heterocycles. The van der Waals surface area contributed by atoms with Gasteiger partial charge in [0.1, 0.15) is 5.52 Å². The van der Waals surface area contributed by atoms with Crippen LogP contribution in [0.1, 0.15) is 0 Å². The fraction of sp³-hybridized carbons (Fsp3) is 0. The molecule has 0 saturated carbocycles. The van der Waals surface area contributed by atoms with Crippen LogP contribution in [-0.2, 0) is 0 Å². The summed E-state index contributed by atoms with van der Waals surface area (Å²) in [4.78, 5) is 15.5. The van der Waals surface area contributed by atoms with Gasteiger partial charge in [0.25, 0.3) is 0 Å². The van der Waals surface area contributed by atoms with Crippen molar-refractivity contribution in [2.24, 2.45) is 0 Å². The SMILES string of the molecule is [NH-]Oc1nn([O-])c2cc(Cl)ccc2[n+]1=O. The first-order chi connectivity index (χ1) is 7.13. The third-order valence-electron chi connectivity index (χ3n) is 1.80. The van der Waals surface area contributed by atoms with Crippen LogP contribution in [0, 0.1) is 10.1 Å². The van der Waals surface area contributed by atoms with Crippen molar-refractivity contribution in [2.45, 2.75) is 0 Å². The van der Waals surface area contributed by atoms with Crippen LogP contribution < -0.4 is 9.26 Å². The van der Waals surface area contributed by atoms with Gasteiger partial charge in [0.05, 0.1) is 9.53 Å². The Morgan fingerprint density at radius 1 is 1.60 bits per heavy atom. The van der Waals surface area contributed by atoms with Crippen LogP contribution in [0.15, 0.2) is 18.2 Å². The van der Waals surface area contributed by atoms with Crippen molar-refractivity contribution < 1.29 is 9.26 Å². The van der Waals surface area contributed by atoms with Crippen molar-refractivity contribution >= 4 is 22.6 Å². The quantitative estimate of drug-likeness (QED) is 0.542. The highest BCUT2D eigenvalue weighted by Gasteiger charge is 2.15. The van der Waals surface area contributed by atoms with E-state index in [1.165, 1.54) is 18.2 Å². The normalized spacial score (nSPS) is 10.5. The van der Waals surface area contributed by atoms with Gasteiger partial charge in [-0.25, -0.2) is 0 Å². The molecule has 1 aromatic carbocycles. The van der Waals surface area contributed by atoms with Gasteiger partial charge in [0.15, 0.2) is 0 Å². The van der Waals surface area contributed by atoms with Crippen molar-refractivity contribution in [3.63, 3.8) is 0 Å². The molecule has 7 nitrogen and oxygen atoms in total. The molecule has 0 aliphatic rings. The Balaban J connectivity index is 2.93. The molecule has 0 spiro atoms. The molecule has 0 atom stereocenters. The third-order valence-corrected chi connectivity index (χ3v) is 2.04. The maximum absolute atomic E-state index is 11.4. The number of benzene rings is 1. The van der Waals surface area contributed by atoms with Gasteiger partial charge in [-0.1, -0.05) is 16.5 Å². The van der Waals surface area contributed by atoms with E-state index >= 15 is 0 Å². The van der Waals surface area contributed by atoms with Crippen molar-refractivity contribution in [1.29, 1.82) is 0 Å². The average Bonchev–Trinajstić information content (AvgIpc) is 2.23. The lowest BCUT2D eigenvalue weighted by Gasteiger charge is -2.07. The van der Waals surface area contributed by atoms with E-state index < -0.39 is 6.01 Å². The Bertz CT molecular complexity index is 582. The third kappa shape index (κ3) is 1.47. The van der Waals surface area contributed by atoms with Gasteiger partial charge < -0.3 is 15.9 Å². The van der Waals surface area contributed by atoms with E-state index in [4.69, 9.17) is 17.5 Å². The Hall–Kier alpha value is -1.86. The average molecular weight is 228 g/mol. The predicted octanol–water partition coefficient (Wildman–Crippen LogP) is 1.30. The molecule has 0 aliphatic carbocycles. The fourth-order valence-corrected chi connectivity index (χ4v) is 1.32. The molecular weight excluding hydrogens is 224 g/mol. The molecule has 2 rings (SSSR count). The lowest BCUT2D eigenvalue weighted by Crippen LogP contribution is -2.22. The first-order valence-corrected chi connectivity index (χ1v) is 4.17. The molecule has 0 radical (unpaired) electrons. The van der Waals surface area contributed by atoms with Crippen molar-refractivity contribution in [2.75, 3.05) is 0 Å². The Labute approximate surface area is 87.8 Å². The largest absolute Gasteiger partial charge is 0.772 e. The molecule has 0 fully saturated rings. The summed E-state index contributed by atoms with van der Waals surface area (Å²) < 4.78 is 0.243. The molecule has 0 unspecified atom stereocenters. The van der Waals surface area contributed by atoms with E-state index in [9.17, 15) is 10.1 Å². The zero-order valence-electron chi connectivity index (χ0n) is 7.18. The van der Waals surface area contributed by atoms with Crippen molar-refractivity contribution in [3.8, 4) is 6.01 Å². The minimum atomic E-state index is -0.639. The van der Waals surface area contributed by atoms with Gasteiger partial charge in [-0.2, -0.15) is 4.85 Å². The highest BCUT2D eigenvalue weighted by molar-refractivity contribution is 6.31. The lowest BCUT2D eigenvalue weighted by atomic mass is 10.3. The van der Waals surface area contributed by atoms with Gasteiger partial charge in [0, 0.05) is 5.02 Å². The summed E-state index contributed by atoms with van der Waals surface area (Å²) in [7, 11) is 0. The second-order valence-electron chi connectivity index (χ2n) is 2.68. The molecule has 1 aromatic heterocycles. The van der Waals surface area contributed by atoms with Gasteiger partial charge in [-0.05, 0) is 18.2 Å². The fourth-order valence-electron chi connectivity index (χ4n) is 1.16. The minimum absolute atomic E-state index is 0.0123. The number of rotatable bonds is 1. The minimum Gasteiger partial charge on any atom is -0.772 e. The molecule has 2 aromatic rings. The van der Waals surface area contributed by atoms with E-state index in [1.54, 1.807) is 0 Å². The van der Waals surface area contributed by atoms with Crippen LogP contribution in [0.5, 0.6) is 6.01 Å². The summed E-state index contributed by atoms with van der Waals surface area (Å²) in [6.45, 7) is 0. The van der Waals surface area contributed by atoms with Gasteiger partial charge in [-0.15, -0.1) is 0 Å². The molecule has 0 aliphatic heterocycles. The van der Waals surface area contributed by atoms with Crippen LogP contribution >= 0.6 is 11.6 Å². The van der Waals surface area contributed by atoms with E-state index in [2.05, 4.69) is 9.94 Å². The monoisotopic (exact) mass is 227 g/mol. The first kappa shape index (κ1) is 9.69. The van der Waals surface area contributed by atoms with Crippen molar-refractivity contribution in [1.82, 2.24) is 9.94 Å². The number of nitrogens with one attached hydrogen (secondary N) is 1. The molecular formula is C7H4ClN4O3-. The Kier molecular flexibility index (Phi) is 2.18. The number of halogens is 1. The summed E-state index contributed by atoms with van der Waals surface area (Å²) in [6.07, 6.45) is 0. The lowest BCUT2D eigenvalue weighted by molar-refractivity contribution is -0.479. The molecule has 15 heavy (non-hydrogen) atoms. The maximum Gasteiger partial charge on any atom is 0.550 e. The molecule has 0 bridgehead atoms. The number of nitrogens with zero attached hydrogens (tertiary/aromatic N) is 3. The van der Waals surface area contributed by atoms with Crippen molar-refractivity contribution in [3.05, 3.63) is 39.2 Å². The molecule has 78 valence electrons. The number of hydrogen-bond donors (Lipinski definition) is 0. The van der Waals surface area contributed by atoms with E-state index in [0.717, 1.165) is 0 Å². The van der Waals surface area contributed by atoms with E-state index in [1.807, 2.05) is 0 Å². The smallest absolute Gasteiger partial charge is 0.550 e. The molecule has 0 saturated heterocycles. The topological polar surface area (TPSA) is 96.9 Å². The second kappa shape index (κ2) is 3.37. The summed E-state index contributed by atoms with van der Waals surface area (Å²) in [5.41, 5.74) is 0.0463. The number of hydrogen-bond acceptors (Lipinski definition) is 4. The summed E-state index contributed by atoms with van der Waals surface area (Å²) in [5.74, 6) is 6.54. The highest BCUT2D eigenvalue weighted by atomic mass is 35.5. The Morgan fingerprint density at radius 3 is 3.00 bits per heavy atom. The maximum atomic E-state index is 11.4. The van der Waals surface area contributed by atoms with Gasteiger partial charge in [0.2, 0.25) is 5.52 Å². The molecule has 8 heteroatoms. The molecule has 1 N–H and O–H groups in total. The van der Waals surface area contributed by atoms with Gasteiger partial charge >= 0.3 is 6.01 Å². The summed E-state index contributed by atoms with van der Waals surface area (Å²) >= 11 is 5.66. The predicted molar refractivity (Wildman–Crippen MR) is 51.8 cm³/mol. The zero-order chi connectivity index (χ0) is 11.0. The number of fused-ring (bicyclic) bond motifs is 1. The van der Waals surface area contributed by atoms with E-state index in [-0.39, 0.29) is 20.3 Å². The van der Waals surface area contributed by atoms with Crippen LogP contribution in [0.2, 0.25) is 5.02 Å². The van der Waals surface area contributed by atoms with E-state index in [0.29, 0.717) is 5.02 Å². The van der Waals surface area contributed by atoms with Crippen LogP contribution in [0.25, 0.3) is 16.9 Å². The van der Waals surface area contributed by atoms with Gasteiger partial charge in [-0.3, -0.25) is 0 Å². The first-order valence-electron chi connectivity index (χ1n) is 3.79. The zero-order valence-corrected chi connectivity index (χ0v) is 7.93. The second-order valence-corrected chi connectivity index (χ2v) is 3.12.